The number of halogens is 2. The Hall–Kier alpha value is -1.59. The number of aryl methyl sites for hydroxylation is 1. The minimum Gasteiger partial charge on any atom is -0.249 e. The summed E-state index contributed by atoms with van der Waals surface area (Å²) < 4.78 is 13.1. The Bertz CT molecular complexity index is 741. The van der Waals surface area contributed by atoms with Crippen molar-refractivity contribution in [2.45, 2.75) is 6.92 Å². The molecule has 90 valence electrons. The van der Waals surface area contributed by atoms with Gasteiger partial charge in [0.25, 0.3) is 0 Å². The second kappa shape index (κ2) is 4.26. The molecule has 6 heteroatoms. The predicted molar refractivity (Wildman–Crippen MR) is 70.4 cm³/mol. The third-order valence-corrected chi connectivity index (χ3v) is 3.65. The molecule has 0 aliphatic heterocycles. The zero-order valence-electron chi connectivity index (χ0n) is 9.32. The summed E-state index contributed by atoms with van der Waals surface area (Å²) in [4.78, 5) is 13.6. The molecule has 0 aliphatic rings. The normalized spacial score (nSPS) is 11.1. The van der Waals surface area contributed by atoms with Crippen LogP contribution in [0.25, 0.3) is 21.6 Å². The van der Waals surface area contributed by atoms with Gasteiger partial charge in [-0.25, -0.2) is 19.3 Å². The van der Waals surface area contributed by atoms with Crippen LogP contribution in [0.5, 0.6) is 0 Å². The van der Waals surface area contributed by atoms with Gasteiger partial charge in [0.1, 0.15) is 11.0 Å². The van der Waals surface area contributed by atoms with Gasteiger partial charge in [-0.3, -0.25) is 0 Å². The third-order valence-electron chi connectivity index (χ3n) is 2.45. The molecule has 0 bridgehead atoms. The van der Waals surface area contributed by atoms with Crippen molar-refractivity contribution in [2.24, 2.45) is 0 Å². The standard InChI is InChI=1S/C12H7ClFN3S/c1-6-15-5-10(18-6)12-16-9-3-2-7(14)4-8(9)11(13)17-12/h2-5H,1H3. The maximum atomic E-state index is 13.1. The molecule has 18 heavy (non-hydrogen) atoms. The van der Waals surface area contributed by atoms with Crippen molar-refractivity contribution in [2.75, 3.05) is 0 Å². The molecule has 0 radical (unpaired) electrons. The number of aromatic nitrogens is 3. The van der Waals surface area contributed by atoms with E-state index < -0.39 is 0 Å². The molecule has 3 rings (SSSR count). The zero-order valence-corrected chi connectivity index (χ0v) is 10.9. The van der Waals surface area contributed by atoms with Gasteiger partial charge in [0, 0.05) is 11.6 Å². The van der Waals surface area contributed by atoms with Crippen LogP contribution in [0.4, 0.5) is 4.39 Å². The molecule has 0 saturated heterocycles. The zero-order chi connectivity index (χ0) is 12.7. The van der Waals surface area contributed by atoms with E-state index in [0.29, 0.717) is 16.7 Å². The summed E-state index contributed by atoms with van der Waals surface area (Å²) in [6.45, 7) is 1.91. The average molecular weight is 280 g/mol. The van der Waals surface area contributed by atoms with E-state index >= 15 is 0 Å². The minimum absolute atomic E-state index is 0.251. The maximum Gasteiger partial charge on any atom is 0.173 e. The van der Waals surface area contributed by atoms with Crippen LogP contribution in [-0.2, 0) is 0 Å². The van der Waals surface area contributed by atoms with Gasteiger partial charge in [0.05, 0.1) is 15.4 Å². The van der Waals surface area contributed by atoms with Gasteiger partial charge in [-0.1, -0.05) is 11.6 Å². The highest BCUT2D eigenvalue weighted by Crippen LogP contribution is 2.28. The van der Waals surface area contributed by atoms with Gasteiger partial charge in [0.15, 0.2) is 5.82 Å². The fraction of sp³-hybridized carbons (Fsp3) is 0.0833. The number of hydrogen-bond donors (Lipinski definition) is 0. The first kappa shape index (κ1) is 11.5. The molecule has 0 fully saturated rings. The van der Waals surface area contributed by atoms with Crippen LogP contribution in [0.2, 0.25) is 5.15 Å². The van der Waals surface area contributed by atoms with Crippen LogP contribution in [-0.4, -0.2) is 15.0 Å². The molecule has 0 unspecified atom stereocenters. The lowest BCUT2D eigenvalue weighted by molar-refractivity contribution is 0.629. The van der Waals surface area contributed by atoms with Crippen molar-refractivity contribution in [3.63, 3.8) is 0 Å². The Labute approximate surface area is 111 Å². The van der Waals surface area contributed by atoms with Crippen LogP contribution in [0.15, 0.2) is 24.4 Å². The SMILES string of the molecule is Cc1ncc(-c2nc(Cl)c3cc(F)ccc3n2)s1. The molecule has 3 nitrogen and oxygen atoms in total. The lowest BCUT2D eigenvalue weighted by atomic mass is 10.2. The van der Waals surface area contributed by atoms with Gasteiger partial charge in [-0.15, -0.1) is 11.3 Å². The summed E-state index contributed by atoms with van der Waals surface area (Å²) in [5.41, 5.74) is 0.623. The van der Waals surface area contributed by atoms with E-state index in [1.807, 2.05) is 6.92 Å². The molecule has 0 spiro atoms. The number of nitrogens with zero attached hydrogens (tertiary/aromatic N) is 3. The van der Waals surface area contributed by atoms with E-state index in [1.54, 1.807) is 12.3 Å². The molecule has 0 N–H and O–H groups in total. The molecule has 3 aromatic rings. The molecule has 0 amide bonds. The predicted octanol–water partition coefficient (Wildman–Crippen LogP) is 3.85. The minimum atomic E-state index is -0.352. The van der Waals surface area contributed by atoms with Crippen molar-refractivity contribution < 1.29 is 4.39 Å². The van der Waals surface area contributed by atoms with Crippen LogP contribution in [0.1, 0.15) is 5.01 Å². The van der Waals surface area contributed by atoms with Crippen LogP contribution < -0.4 is 0 Å². The first-order valence-corrected chi connectivity index (χ1v) is 6.38. The van der Waals surface area contributed by atoms with Crippen molar-refractivity contribution in [3.8, 4) is 10.7 Å². The van der Waals surface area contributed by atoms with Gasteiger partial charge in [0.2, 0.25) is 0 Å². The monoisotopic (exact) mass is 279 g/mol. The molecule has 0 atom stereocenters. The number of fused-ring (bicyclic) bond motifs is 1. The smallest absolute Gasteiger partial charge is 0.173 e. The highest BCUT2D eigenvalue weighted by Gasteiger charge is 2.10. The number of rotatable bonds is 1. The molecular weight excluding hydrogens is 273 g/mol. The van der Waals surface area contributed by atoms with Crippen LogP contribution in [0.3, 0.4) is 0 Å². The van der Waals surface area contributed by atoms with Gasteiger partial charge in [-0.05, 0) is 25.1 Å². The van der Waals surface area contributed by atoms with E-state index in [2.05, 4.69) is 15.0 Å². The lowest BCUT2D eigenvalue weighted by Crippen LogP contribution is -1.90. The quantitative estimate of drug-likeness (QED) is 0.635. The van der Waals surface area contributed by atoms with Gasteiger partial charge in [-0.2, -0.15) is 0 Å². The second-order valence-corrected chi connectivity index (χ2v) is 5.34. The van der Waals surface area contributed by atoms with E-state index in [1.165, 1.54) is 23.5 Å². The summed E-state index contributed by atoms with van der Waals surface area (Å²) in [5.74, 6) is 0.166. The van der Waals surface area contributed by atoms with Gasteiger partial charge >= 0.3 is 0 Å². The van der Waals surface area contributed by atoms with Crippen molar-refractivity contribution in [3.05, 3.63) is 40.4 Å². The van der Waals surface area contributed by atoms with Crippen LogP contribution in [0, 0.1) is 12.7 Å². The Kier molecular flexibility index (Phi) is 2.72. The van der Waals surface area contributed by atoms with E-state index in [0.717, 1.165) is 9.88 Å². The average Bonchev–Trinajstić information content (AvgIpc) is 2.77. The summed E-state index contributed by atoms with van der Waals surface area (Å²) in [7, 11) is 0. The van der Waals surface area contributed by atoms with Crippen molar-refractivity contribution >= 4 is 33.8 Å². The van der Waals surface area contributed by atoms with Crippen LogP contribution >= 0.6 is 22.9 Å². The summed E-state index contributed by atoms with van der Waals surface area (Å²) in [6, 6.07) is 4.28. The third kappa shape index (κ3) is 1.95. The molecule has 0 saturated carbocycles. The molecular formula is C12H7ClFN3S. The van der Waals surface area contributed by atoms with E-state index in [9.17, 15) is 4.39 Å². The van der Waals surface area contributed by atoms with E-state index in [-0.39, 0.29) is 11.0 Å². The van der Waals surface area contributed by atoms with Crippen molar-refractivity contribution in [1.29, 1.82) is 0 Å². The van der Waals surface area contributed by atoms with Gasteiger partial charge < -0.3 is 0 Å². The Morgan fingerprint density at radius 3 is 2.83 bits per heavy atom. The summed E-state index contributed by atoms with van der Waals surface area (Å²) in [6.07, 6.45) is 1.71. The number of thiazole rings is 1. The largest absolute Gasteiger partial charge is 0.249 e. The molecule has 0 aliphatic carbocycles. The Balaban J connectivity index is 2.24. The summed E-state index contributed by atoms with van der Waals surface area (Å²) >= 11 is 7.55. The highest BCUT2D eigenvalue weighted by atomic mass is 35.5. The topological polar surface area (TPSA) is 38.7 Å². The Morgan fingerprint density at radius 1 is 1.28 bits per heavy atom. The fourth-order valence-corrected chi connectivity index (χ4v) is 2.58. The summed E-state index contributed by atoms with van der Waals surface area (Å²) in [5, 5.41) is 1.70. The first-order valence-electron chi connectivity index (χ1n) is 5.19. The molecule has 1 aromatic carbocycles. The van der Waals surface area contributed by atoms with E-state index in [4.69, 9.17) is 11.6 Å². The highest BCUT2D eigenvalue weighted by molar-refractivity contribution is 7.14. The number of hydrogen-bond acceptors (Lipinski definition) is 4. The van der Waals surface area contributed by atoms with Crippen molar-refractivity contribution in [1.82, 2.24) is 15.0 Å². The fourth-order valence-electron chi connectivity index (χ4n) is 1.64. The Morgan fingerprint density at radius 2 is 2.11 bits per heavy atom. The molecule has 2 aromatic heterocycles. The lowest BCUT2D eigenvalue weighted by Gasteiger charge is -2.02. The second-order valence-electron chi connectivity index (χ2n) is 3.74. The maximum absolute atomic E-state index is 13.1. The molecule has 2 heterocycles. The first-order chi connectivity index (χ1) is 8.63. The number of benzene rings is 1.